The molecule has 0 radical (unpaired) electrons. The molecule has 0 bridgehead atoms. The predicted octanol–water partition coefficient (Wildman–Crippen LogP) is 3.43. The van der Waals surface area contributed by atoms with Crippen molar-refractivity contribution < 1.29 is 29.2 Å². The molecule has 190 valence electrons. The number of nitrogens with one attached hydrogen (secondary N) is 1. The van der Waals surface area contributed by atoms with E-state index in [0.717, 1.165) is 29.7 Å². The highest BCUT2D eigenvalue weighted by molar-refractivity contribution is 6.46. The summed E-state index contributed by atoms with van der Waals surface area (Å²) in [6.07, 6.45) is 6.19. The number of nitrogens with zero attached hydrogens (tertiary/aromatic N) is 1. The Bertz CT molecular complexity index is 1350. The molecule has 37 heavy (non-hydrogen) atoms. The fourth-order valence-corrected chi connectivity index (χ4v) is 4.93. The molecule has 2 aromatic carbocycles. The van der Waals surface area contributed by atoms with Crippen molar-refractivity contribution in [3.63, 3.8) is 0 Å². The molecule has 7 heteroatoms. The first-order chi connectivity index (χ1) is 18.0. The molecule has 2 atom stereocenters. The Morgan fingerprint density at radius 3 is 2.81 bits per heavy atom. The molecular weight excluding hydrogens is 468 g/mol. The van der Waals surface area contributed by atoms with E-state index in [9.17, 15) is 14.7 Å². The minimum Gasteiger partial charge on any atom is -0.872 e. The largest absolute Gasteiger partial charge is 0.872 e. The molecule has 1 amide bonds. The van der Waals surface area contributed by atoms with E-state index in [1.807, 2.05) is 43.3 Å². The number of pyridine rings is 1. The standard InChI is InChI=1S/C30H30N2O5/c1-3-4-13-36-24-9-5-8-21(16-24)27-26(28(33)22-10-11-25-23(15-22)14-19(2)37-25)29(34)30(35)32(27)18-20-7-6-12-31-17-20/h5-12,15-17,19,27,33H,3-4,13-14,18H2,1-2H3/b28-26+. The molecule has 5 rings (SSSR count). The van der Waals surface area contributed by atoms with E-state index in [1.54, 1.807) is 30.6 Å². The summed E-state index contributed by atoms with van der Waals surface area (Å²) in [4.78, 5) is 31.2. The monoisotopic (exact) mass is 498 g/mol. The molecule has 3 heterocycles. The number of carbonyl (C=O) groups excluding carboxylic acids is 2. The van der Waals surface area contributed by atoms with E-state index in [2.05, 4.69) is 11.9 Å². The Morgan fingerprint density at radius 1 is 1.16 bits per heavy atom. The van der Waals surface area contributed by atoms with Gasteiger partial charge in [0.1, 0.15) is 17.6 Å². The van der Waals surface area contributed by atoms with Crippen LogP contribution in [0, 0.1) is 0 Å². The number of amides is 1. The van der Waals surface area contributed by atoms with Gasteiger partial charge < -0.3 is 19.5 Å². The second-order valence-corrected chi connectivity index (χ2v) is 9.55. The lowest BCUT2D eigenvalue weighted by molar-refractivity contribution is -0.378. The zero-order chi connectivity index (χ0) is 25.9. The Kier molecular flexibility index (Phi) is 6.95. The number of likely N-dealkylation sites (tertiary alicyclic amines) is 1. The average Bonchev–Trinajstić information content (AvgIpc) is 3.40. The number of aromatic nitrogens is 1. The maximum absolute atomic E-state index is 13.8. The van der Waals surface area contributed by atoms with Gasteiger partial charge in [-0.15, -0.1) is 0 Å². The molecule has 3 aromatic rings. The van der Waals surface area contributed by atoms with Gasteiger partial charge >= 0.3 is 0 Å². The molecule has 2 unspecified atom stereocenters. The van der Waals surface area contributed by atoms with Gasteiger partial charge in [-0.05, 0) is 60.4 Å². The van der Waals surface area contributed by atoms with Crippen molar-refractivity contribution in [1.82, 2.24) is 4.90 Å². The number of hydrogen-bond acceptors (Lipinski definition) is 5. The number of hydrogen-bond donors (Lipinski definition) is 0. The maximum atomic E-state index is 13.8. The molecule has 1 aromatic heterocycles. The lowest BCUT2D eigenvalue weighted by Gasteiger charge is -2.27. The normalized spacial score (nSPS) is 20.1. The minimum atomic E-state index is -0.828. The van der Waals surface area contributed by atoms with Gasteiger partial charge in [0, 0.05) is 23.6 Å². The Hall–Kier alpha value is -4.13. The van der Waals surface area contributed by atoms with Gasteiger partial charge in [-0.2, -0.15) is 0 Å². The summed E-state index contributed by atoms with van der Waals surface area (Å²) in [5, 5.41) is 13.8. The lowest BCUT2D eigenvalue weighted by Crippen LogP contribution is -2.29. The fraction of sp³-hybridized carbons (Fsp3) is 0.300. The Labute approximate surface area is 216 Å². The third-order valence-corrected chi connectivity index (χ3v) is 6.75. The van der Waals surface area contributed by atoms with Crippen LogP contribution >= 0.6 is 0 Å². The summed E-state index contributed by atoms with van der Waals surface area (Å²) >= 11 is 0. The number of unbranched alkanes of at least 4 members (excludes halogenated alkanes) is 1. The average molecular weight is 499 g/mol. The minimum absolute atomic E-state index is 0.0315. The molecular formula is C30H30N2O5. The van der Waals surface area contributed by atoms with E-state index < -0.39 is 23.5 Å². The van der Waals surface area contributed by atoms with Gasteiger partial charge in [0.2, 0.25) is 5.78 Å². The molecule has 0 saturated carbocycles. The molecule has 0 aliphatic carbocycles. The Morgan fingerprint density at radius 2 is 2.03 bits per heavy atom. The second kappa shape index (κ2) is 10.5. The molecule has 0 spiro atoms. The Balaban J connectivity index is 1.59. The molecule has 2 aliphatic rings. The zero-order valence-corrected chi connectivity index (χ0v) is 21.0. The van der Waals surface area contributed by atoms with Crippen LogP contribution in [0.3, 0.4) is 0 Å². The molecule has 1 saturated heterocycles. The number of carbonyl (C=O) groups is 2. The second-order valence-electron chi connectivity index (χ2n) is 9.55. The molecule has 1 fully saturated rings. The molecule has 7 nitrogen and oxygen atoms in total. The maximum Gasteiger partial charge on any atom is 0.295 e. The van der Waals surface area contributed by atoms with Gasteiger partial charge in [0.25, 0.3) is 5.91 Å². The summed E-state index contributed by atoms with van der Waals surface area (Å²) in [6, 6.07) is 15.4. The quantitative estimate of drug-likeness (QED) is 0.205. The van der Waals surface area contributed by atoms with Crippen LogP contribution in [0.1, 0.15) is 55.0 Å². The van der Waals surface area contributed by atoms with E-state index in [1.165, 1.54) is 4.90 Å². The first kappa shape index (κ1) is 24.6. The van der Waals surface area contributed by atoms with Gasteiger partial charge in [-0.25, -0.2) is 4.98 Å². The van der Waals surface area contributed by atoms with Crippen molar-refractivity contribution in [1.29, 1.82) is 0 Å². The topological polar surface area (TPSA) is 93.0 Å². The molecule has 1 N–H and O–H groups in total. The van der Waals surface area contributed by atoms with Crippen molar-refractivity contribution >= 4 is 17.4 Å². The van der Waals surface area contributed by atoms with Gasteiger partial charge in [0.15, 0.2) is 12.4 Å². The predicted molar refractivity (Wildman–Crippen MR) is 135 cm³/mol. The van der Waals surface area contributed by atoms with Crippen LogP contribution in [0.15, 0.2) is 72.6 Å². The van der Waals surface area contributed by atoms with Crippen LogP contribution in [0.5, 0.6) is 11.5 Å². The number of benzene rings is 2. The number of rotatable bonds is 8. The summed E-state index contributed by atoms with van der Waals surface area (Å²) in [6.45, 7) is 4.81. The summed E-state index contributed by atoms with van der Waals surface area (Å²) < 4.78 is 11.7. The zero-order valence-electron chi connectivity index (χ0n) is 21.0. The van der Waals surface area contributed by atoms with E-state index in [4.69, 9.17) is 9.47 Å². The highest BCUT2D eigenvalue weighted by Crippen LogP contribution is 2.41. The number of H-pyrrole nitrogens is 1. The number of ketones is 1. The SMILES string of the molecule is CCCCOc1cccc(C2/C(=C(\[O-])c3ccc4c(c3)CC(C)O4)C(=O)C(=O)N2Cc2ccc[nH+]c2)c1. The van der Waals surface area contributed by atoms with Gasteiger partial charge in [-0.3, -0.25) is 9.59 Å². The number of aromatic amines is 1. The van der Waals surface area contributed by atoms with Crippen molar-refractivity contribution in [2.75, 3.05) is 6.61 Å². The van der Waals surface area contributed by atoms with E-state index in [0.29, 0.717) is 29.9 Å². The van der Waals surface area contributed by atoms with E-state index >= 15 is 0 Å². The van der Waals surface area contributed by atoms with Crippen molar-refractivity contribution in [2.45, 2.75) is 51.8 Å². The van der Waals surface area contributed by atoms with E-state index in [-0.39, 0.29) is 18.2 Å². The number of fused-ring (bicyclic) bond motifs is 1. The first-order valence-corrected chi connectivity index (χ1v) is 12.7. The first-order valence-electron chi connectivity index (χ1n) is 12.7. The van der Waals surface area contributed by atoms with Gasteiger partial charge in [-0.1, -0.05) is 37.3 Å². The number of ether oxygens (including phenoxy) is 2. The van der Waals surface area contributed by atoms with Crippen LogP contribution in [0.25, 0.3) is 5.76 Å². The van der Waals surface area contributed by atoms with Crippen molar-refractivity contribution in [3.8, 4) is 11.5 Å². The lowest BCUT2D eigenvalue weighted by atomic mass is 9.94. The van der Waals surface area contributed by atoms with Gasteiger partial charge in [0.05, 0.1) is 19.2 Å². The van der Waals surface area contributed by atoms with Crippen LogP contribution in [0.2, 0.25) is 0 Å². The van der Waals surface area contributed by atoms with Crippen LogP contribution in [-0.2, 0) is 22.6 Å². The van der Waals surface area contributed by atoms with Crippen molar-refractivity contribution in [3.05, 3.63) is 94.8 Å². The third kappa shape index (κ3) is 4.94. The number of Topliss-reactive ketones (excluding diaryl/α,β-unsaturated/α-hetero) is 1. The summed E-state index contributed by atoms with van der Waals surface area (Å²) in [5.74, 6) is -0.505. The highest BCUT2D eigenvalue weighted by atomic mass is 16.5. The van der Waals surface area contributed by atoms with Crippen LogP contribution in [0.4, 0.5) is 0 Å². The third-order valence-electron chi connectivity index (χ3n) is 6.75. The fourth-order valence-electron chi connectivity index (χ4n) is 4.93. The van der Waals surface area contributed by atoms with Crippen LogP contribution < -0.4 is 19.6 Å². The molecule has 2 aliphatic heterocycles. The van der Waals surface area contributed by atoms with Crippen LogP contribution in [-0.4, -0.2) is 29.3 Å². The van der Waals surface area contributed by atoms with Crippen molar-refractivity contribution in [2.24, 2.45) is 0 Å². The summed E-state index contributed by atoms with van der Waals surface area (Å²) in [5.41, 5.74) is 2.75. The highest BCUT2D eigenvalue weighted by Gasteiger charge is 2.44. The summed E-state index contributed by atoms with van der Waals surface area (Å²) in [7, 11) is 0. The smallest absolute Gasteiger partial charge is 0.295 e.